The average molecular weight is 236 g/mol. The van der Waals surface area contributed by atoms with Crippen molar-refractivity contribution < 1.29 is 9.53 Å². The summed E-state index contributed by atoms with van der Waals surface area (Å²) in [6, 6.07) is 7.67. The largest absolute Gasteiger partial charge is 0.493 e. The lowest BCUT2D eigenvalue weighted by Gasteiger charge is -2.12. The minimum absolute atomic E-state index is 0.0635. The molecule has 0 aliphatic carbocycles. The van der Waals surface area contributed by atoms with Crippen LogP contribution in [-0.2, 0) is 4.79 Å². The summed E-state index contributed by atoms with van der Waals surface area (Å²) >= 11 is 0. The number of nitrogens with two attached hydrogens (primary N) is 2. The Morgan fingerprint density at radius 3 is 2.41 bits per heavy atom. The van der Waals surface area contributed by atoms with Crippen LogP contribution in [0.5, 0.6) is 5.75 Å². The molecular weight excluding hydrogens is 216 g/mol. The molecule has 1 aromatic rings. The van der Waals surface area contributed by atoms with Gasteiger partial charge in [-0.25, -0.2) is 0 Å². The van der Waals surface area contributed by atoms with Gasteiger partial charge in [0.1, 0.15) is 5.75 Å². The first-order chi connectivity index (χ1) is 8.04. The van der Waals surface area contributed by atoms with E-state index in [9.17, 15) is 4.79 Å². The summed E-state index contributed by atoms with van der Waals surface area (Å²) < 4.78 is 5.46. The topological polar surface area (TPSA) is 78.3 Å². The predicted octanol–water partition coefficient (Wildman–Crippen LogP) is 1.60. The summed E-state index contributed by atoms with van der Waals surface area (Å²) in [5, 5.41) is 0. The van der Waals surface area contributed by atoms with Crippen molar-refractivity contribution in [1.29, 1.82) is 0 Å². The number of amides is 1. The molecular formula is C13H20N2O2. The molecule has 1 aromatic carbocycles. The van der Waals surface area contributed by atoms with Crippen molar-refractivity contribution in [1.82, 2.24) is 0 Å². The number of hydrogen-bond acceptors (Lipinski definition) is 3. The highest BCUT2D eigenvalue weighted by molar-refractivity contribution is 5.76. The van der Waals surface area contributed by atoms with Crippen LogP contribution in [0.4, 0.5) is 0 Å². The summed E-state index contributed by atoms with van der Waals surface area (Å²) in [5.74, 6) is 0.0901. The molecule has 0 fully saturated rings. The maximum atomic E-state index is 10.8. The van der Waals surface area contributed by atoms with E-state index in [-0.39, 0.29) is 17.9 Å². The van der Waals surface area contributed by atoms with Crippen molar-refractivity contribution in [2.75, 3.05) is 6.61 Å². The molecule has 0 aromatic heterocycles. The number of primary amides is 1. The molecule has 94 valence electrons. The Balaban J connectivity index is 2.54. The molecule has 4 N–H and O–H groups in total. The molecule has 0 radical (unpaired) electrons. The van der Waals surface area contributed by atoms with Crippen molar-refractivity contribution in [2.45, 2.75) is 26.3 Å². The average Bonchev–Trinajstić information content (AvgIpc) is 2.35. The van der Waals surface area contributed by atoms with E-state index in [2.05, 4.69) is 0 Å². The molecule has 0 heterocycles. The molecule has 0 saturated carbocycles. The Kier molecular flexibility index (Phi) is 4.97. The van der Waals surface area contributed by atoms with Crippen LogP contribution in [0.2, 0.25) is 0 Å². The zero-order valence-corrected chi connectivity index (χ0v) is 10.3. The first-order valence-electron chi connectivity index (χ1n) is 5.82. The van der Waals surface area contributed by atoms with Crippen LogP contribution in [0, 0.1) is 5.92 Å². The molecule has 1 rings (SSSR count). The van der Waals surface area contributed by atoms with Crippen LogP contribution in [0.1, 0.15) is 31.9 Å². The Morgan fingerprint density at radius 1 is 1.35 bits per heavy atom. The third kappa shape index (κ3) is 4.07. The van der Waals surface area contributed by atoms with Crippen molar-refractivity contribution in [2.24, 2.45) is 17.4 Å². The quantitative estimate of drug-likeness (QED) is 0.787. The van der Waals surface area contributed by atoms with E-state index in [0.717, 1.165) is 17.7 Å². The molecule has 0 spiro atoms. The normalized spacial score (nSPS) is 14.1. The van der Waals surface area contributed by atoms with Crippen LogP contribution < -0.4 is 16.2 Å². The Morgan fingerprint density at radius 2 is 1.94 bits per heavy atom. The van der Waals surface area contributed by atoms with Gasteiger partial charge in [0, 0.05) is 6.04 Å². The number of ether oxygens (including phenoxy) is 1. The van der Waals surface area contributed by atoms with Crippen LogP contribution in [-0.4, -0.2) is 12.5 Å². The van der Waals surface area contributed by atoms with Crippen molar-refractivity contribution in [3.63, 3.8) is 0 Å². The summed E-state index contributed by atoms with van der Waals surface area (Å²) in [6.45, 7) is 4.09. The van der Waals surface area contributed by atoms with Gasteiger partial charge in [-0.05, 0) is 24.1 Å². The maximum absolute atomic E-state index is 10.8. The first kappa shape index (κ1) is 13.5. The van der Waals surface area contributed by atoms with Gasteiger partial charge in [-0.15, -0.1) is 0 Å². The molecule has 2 atom stereocenters. The number of benzene rings is 1. The molecule has 2 unspecified atom stereocenters. The second kappa shape index (κ2) is 6.25. The zero-order chi connectivity index (χ0) is 12.8. The fourth-order valence-electron chi connectivity index (χ4n) is 1.35. The van der Waals surface area contributed by atoms with Crippen LogP contribution in [0.25, 0.3) is 0 Å². The Bertz CT molecular complexity index is 362. The van der Waals surface area contributed by atoms with Gasteiger partial charge in [0.05, 0.1) is 12.5 Å². The lowest BCUT2D eigenvalue weighted by atomic mass is 10.1. The van der Waals surface area contributed by atoms with Crippen LogP contribution in [0.3, 0.4) is 0 Å². The smallest absolute Gasteiger partial charge is 0.223 e. The standard InChI is InChI=1S/C13H20N2O2/c1-3-12(14)10-4-6-11(7-5-10)17-8-9(2)13(15)16/h4-7,9,12H,3,8,14H2,1-2H3,(H2,15,16). The van der Waals surface area contributed by atoms with Gasteiger partial charge < -0.3 is 16.2 Å². The van der Waals surface area contributed by atoms with Crippen molar-refractivity contribution >= 4 is 5.91 Å². The van der Waals surface area contributed by atoms with E-state index in [4.69, 9.17) is 16.2 Å². The molecule has 4 nitrogen and oxygen atoms in total. The van der Waals surface area contributed by atoms with Gasteiger partial charge in [0.15, 0.2) is 0 Å². The third-order valence-electron chi connectivity index (χ3n) is 2.73. The van der Waals surface area contributed by atoms with E-state index in [0.29, 0.717) is 6.61 Å². The van der Waals surface area contributed by atoms with Crippen LogP contribution in [0.15, 0.2) is 24.3 Å². The monoisotopic (exact) mass is 236 g/mol. The molecule has 0 aliphatic heterocycles. The Labute approximate surface area is 102 Å². The maximum Gasteiger partial charge on any atom is 0.223 e. The molecule has 17 heavy (non-hydrogen) atoms. The van der Waals surface area contributed by atoms with Gasteiger partial charge >= 0.3 is 0 Å². The van der Waals surface area contributed by atoms with Gasteiger partial charge in [0.25, 0.3) is 0 Å². The van der Waals surface area contributed by atoms with E-state index >= 15 is 0 Å². The highest BCUT2D eigenvalue weighted by atomic mass is 16.5. The van der Waals surface area contributed by atoms with Crippen molar-refractivity contribution in [3.05, 3.63) is 29.8 Å². The summed E-state index contributed by atoms with van der Waals surface area (Å²) in [6.07, 6.45) is 0.902. The number of rotatable bonds is 6. The zero-order valence-electron chi connectivity index (χ0n) is 10.3. The second-order valence-electron chi connectivity index (χ2n) is 4.20. The van der Waals surface area contributed by atoms with Gasteiger partial charge in [-0.3, -0.25) is 4.79 Å². The molecule has 4 heteroatoms. The van der Waals surface area contributed by atoms with Crippen LogP contribution >= 0.6 is 0 Å². The fourth-order valence-corrected chi connectivity index (χ4v) is 1.35. The lowest BCUT2D eigenvalue weighted by molar-refractivity contribution is -0.122. The Hall–Kier alpha value is -1.55. The SMILES string of the molecule is CCC(N)c1ccc(OCC(C)C(N)=O)cc1. The second-order valence-corrected chi connectivity index (χ2v) is 4.20. The molecule has 1 amide bonds. The van der Waals surface area contributed by atoms with Gasteiger partial charge in [-0.2, -0.15) is 0 Å². The number of carbonyl (C=O) groups is 1. The van der Waals surface area contributed by atoms with Crippen molar-refractivity contribution in [3.8, 4) is 5.75 Å². The van der Waals surface area contributed by atoms with E-state index in [1.807, 2.05) is 31.2 Å². The minimum Gasteiger partial charge on any atom is -0.493 e. The molecule has 0 bridgehead atoms. The summed E-state index contributed by atoms with van der Waals surface area (Å²) in [5.41, 5.74) is 12.1. The van der Waals surface area contributed by atoms with E-state index in [1.54, 1.807) is 6.92 Å². The molecule has 0 saturated heterocycles. The lowest BCUT2D eigenvalue weighted by Crippen LogP contribution is -2.25. The minimum atomic E-state index is -0.352. The highest BCUT2D eigenvalue weighted by Gasteiger charge is 2.09. The van der Waals surface area contributed by atoms with E-state index in [1.165, 1.54) is 0 Å². The summed E-state index contributed by atoms with van der Waals surface area (Å²) in [7, 11) is 0. The summed E-state index contributed by atoms with van der Waals surface area (Å²) in [4.78, 5) is 10.8. The molecule has 0 aliphatic rings. The predicted molar refractivity (Wildman–Crippen MR) is 67.5 cm³/mol. The van der Waals surface area contributed by atoms with Gasteiger partial charge in [-0.1, -0.05) is 26.0 Å². The number of carbonyl (C=O) groups excluding carboxylic acids is 1. The third-order valence-corrected chi connectivity index (χ3v) is 2.73. The van der Waals surface area contributed by atoms with Gasteiger partial charge in [0.2, 0.25) is 5.91 Å². The fraction of sp³-hybridized carbons (Fsp3) is 0.462. The van der Waals surface area contributed by atoms with E-state index < -0.39 is 0 Å². The first-order valence-corrected chi connectivity index (χ1v) is 5.82. The highest BCUT2D eigenvalue weighted by Crippen LogP contribution is 2.18. The number of hydrogen-bond donors (Lipinski definition) is 2.